The molecule has 0 spiro atoms. The van der Waals surface area contributed by atoms with Crippen LogP contribution < -0.4 is 0 Å². The van der Waals surface area contributed by atoms with Crippen molar-refractivity contribution in [1.29, 1.82) is 0 Å². The number of benzene rings is 1. The van der Waals surface area contributed by atoms with Crippen LogP contribution in [-0.2, 0) is 5.75 Å². The summed E-state index contributed by atoms with van der Waals surface area (Å²) in [5.41, 5.74) is 2.42. The van der Waals surface area contributed by atoms with Gasteiger partial charge in [0.05, 0.1) is 6.10 Å². The summed E-state index contributed by atoms with van der Waals surface area (Å²) in [5.74, 6) is 1.04. The van der Waals surface area contributed by atoms with Crippen LogP contribution in [0.15, 0.2) is 24.3 Å². The molecule has 0 amide bonds. The van der Waals surface area contributed by atoms with Gasteiger partial charge in [-0.15, -0.1) is 0 Å². The number of thioether (sulfide) groups is 1. The van der Waals surface area contributed by atoms with Crippen LogP contribution in [0.3, 0.4) is 0 Å². The van der Waals surface area contributed by atoms with Crippen molar-refractivity contribution in [2.24, 2.45) is 0 Å². The normalized spacial score (nSPS) is 27.8. The van der Waals surface area contributed by atoms with Crippen molar-refractivity contribution in [3.63, 3.8) is 0 Å². The molecule has 1 aromatic rings. The van der Waals surface area contributed by atoms with Gasteiger partial charge >= 0.3 is 0 Å². The average molecular weight is 194 g/mol. The highest BCUT2D eigenvalue weighted by atomic mass is 32.2. The Kier molecular flexibility index (Phi) is 2.61. The van der Waals surface area contributed by atoms with Gasteiger partial charge in [-0.05, 0) is 17.5 Å². The molecule has 1 heterocycles. The molecule has 1 unspecified atom stereocenters. The highest BCUT2D eigenvalue weighted by Gasteiger charge is 2.19. The van der Waals surface area contributed by atoms with Crippen LogP contribution in [0.4, 0.5) is 0 Å². The molecule has 0 radical (unpaired) electrons. The van der Waals surface area contributed by atoms with E-state index in [4.69, 9.17) is 0 Å². The Morgan fingerprint density at radius 2 is 2.15 bits per heavy atom. The number of fused-ring (bicyclic) bond motifs is 1. The minimum absolute atomic E-state index is 0.263. The second-order valence-corrected chi connectivity index (χ2v) is 5.00. The Bertz CT molecular complexity index is 298. The monoisotopic (exact) mass is 194 g/mol. The van der Waals surface area contributed by atoms with Gasteiger partial charge in [0.1, 0.15) is 0 Å². The van der Waals surface area contributed by atoms with Crippen LogP contribution in [0.1, 0.15) is 30.6 Å². The number of aliphatic hydroxyl groups excluding tert-OH is 1. The van der Waals surface area contributed by atoms with E-state index in [-0.39, 0.29) is 6.10 Å². The van der Waals surface area contributed by atoms with E-state index in [0.717, 1.165) is 17.7 Å². The summed E-state index contributed by atoms with van der Waals surface area (Å²) >= 11 is 1.93. The van der Waals surface area contributed by atoms with Crippen LogP contribution in [-0.4, -0.2) is 10.4 Å². The summed E-state index contributed by atoms with van der Waals surface area (Å²) in [6.07, 6.45) is 0.614. The Hall–Kier alpha value is -0.470. The van der Waals surface area contributed by atoms with Crippen LogP contribution in [0.25, 0.3) is 0 Å². The summed E-state index contributed by atoms with van der Waals surface area (Å²) in [5, 5.41) is 10.5. The predicted molar refractivity (Wildman–Crippen MR) is 56.8 cm³/mol. The highest BCUT2D eigenvalue weighted by molar-refractivity contribution is 7.99. The lowest BCUT2D eigenvalue weighted by Gasteiger charge is -2.11. The number of aliphatic hydroxyl groups is 1. The van der Waals surface area contributed by atoms with Crippen molar-refractivity contribution in [1.82, 2.24) is 0 Å². The third-order valence-electron chi connectivity index (χ3n) is 2.49. The molecule has 2 rings (SSSR count). The summed E-state index contributed by atoms with van der Waals surface area (Å²) in [6.45, 7) is 2.18. The summed E-state index contributed by atoms with van der Waals surface area (Å²) in [4.78, 5) is 0. The Labute approximate surface area is 83.2 Å². The minimum Gasteiger partial charge on any atom is -0.388 e. The highest BCUT2D eigenvalue weighted by Crippen LogP contribution is 2.34. The van der Waals surface area contributed by atoms with Crippen LogP contribution in [0.5, 0.6) is 0 Å². The molecule has 0 bridgehead atoms. The van der Waals surface area contributed by atoms with Crippen LogP contribution in [0.2, 0.25) is 0 Å². The van der Waals surface area contributed by atoms with E-state index >= 15 is 0 Å². The maximum atomic E-state index is 9.90. The van der Waals surface area contributed by atoms with E-state index in [2.05, 4.69) is 13.0 Å². The molecule has 1 aliphatic rings. The lowest BCUT2D eigenvalue weighted by molar-refractivity contribution is 0.168. The Morgan fingerprint density at radius 3 is 3.00 bits per heavy atom. The summed E-state index contributed by atoms with van der Waals surface area (Å²) < 4.78 is 0. The smallest absolute Gasteiger partial charge is 0.0803 e. The van der Waals surface area contributed by atoms with Gasteiger partial charge in [-0.2, -0.15) is 11.8 Å². The molecule has 1 aromatic carbocycles. The van der Waals surface area contributed by atoms with Gasteiger partial charge < -0.3 is 5.11 Å². The Morgan fingerprint density at radius 1 is 1.38 bits per heavy atom. The molecular weight excluding hydrogens is 180 g/mol. The molecule has 0 saturated carbocycles. The van der Waals surface area contributed by atoms with Gasteiger partial charge in [-0.3, -0.25) is 0 Å². The molecular formula is C11H14OS. The standard InChI is InChI=1S/C11H14OS/c1-8-6-11(12)10-5-3-2-4-9(10)7-13-8/h2-5,8,11-12H,6-7H2,1H3/t8?,11-/m1/s1. The van der Waals surface area contributed by atoms with Gasteiger partial charge in [0.2, 0.25) is 0 Å². The van der Waals surface area contributed by atoms with Crippen molar-refractivity contribution >= 4 is 11.8 Å². The molecule has 2 atom stereocenters. The molecule has 70 valence electrons. The molecule has 0 aliphatic carbocycles. The lowest BCUT2D eigenvalue weighted by Crippen LogP contribution is -2.03. The van der Waals surface area contributed by atoms with Crippen molar-refractivity contribution in [2.45, 2.75) is 30.5 Å². The first-order chi connectivity index (χ1) is 6.27. The van der Waals surface area contributed by atoms with Gasteiger partial charge in [-0.1, -0.05) is 31.2 Å². The molecule has 1 N–H and O–H groups in total. The van der Waals surface area contributed by atoms with Crippen molar-refractivity contribution in [3.05, 3.63) is 35.4 Å². The molecule has 13 heavy (non-hydrogen) atoms. The Balaban J connectivity index is 2.35. The largest absolute Gasteiger partial charge is 0.388 e. The minimum atomic E-state index is -0.263. The second-order valence-electron chi connectivity index (χ2n) is 3.57. The molecule has 1 aliphatic heterocycles. The van der Waals surface area contributed by atoms with Crippen molar-refractivity contribution in [2.75, 3.05) is 0 Å². The third-order valence-corrected chi connectivity index (χ3v) is 3.73. The third kappa shape index (κ3) is 1.89. The van der Waals surface area contributed by atoms with E-state index in [1.54, 1.807) is 0 Å². The van der Waals surface area contributed by atoms with E-state index in [1.165, 1.54) is 5.56 Å². The van der Waals surface area contributed by atoms with Gasteiger partial charge in [0.15, 0.2) is 0 Å². The predicted octanol–water partition coefficient (Wildman–Crippen LogP) is 2.75. The zero-order chi connectivity index (χ0) is 9.26. The average Bonchev–Trinajstić information content (AvgIpc) is 2.27. The lowest BCUT2D eigenvalue weighted by atomic mass is 10.0. The van der Waals surface area contributed by atoms with E-state index < -0.39 is 0 Å². The van der Waals surface area contributed by atoms with Crippen molar-refractivity contribution in [3.8, 4) is 0 Å². The summed E-state index contributed by atoms with van der Waals surface area (Å²) in [6, 6.07) is 8.20. The first kappa shape index (κ1) is 9.10. The first-order valence-corrected chi connectivity index (χ1v) is 5.69. The molecule has 0 saturated heterocycles. The SMILES string of the molecule is CC1C[C@@H](O)c2ccccc2CS1. The van der Waals surface area contributed by atoms with E-state index in [1.807, 2.05) is 30.0 Å². The zero-order valence-electron chi connectivity index (χ0n) is 7.73. The van der Waals surface area contributed by atoms with Crippen LogP contribution >= 0.6 is 11.8 Å². The maximum Gasteiger partial charge on any atom is 0.0803 e. The quantitative estimate of drug-likeness (QED) is 0.685. The van der Waals surface area contributed by atoms with E-state index in [0.29, 0.717) is 5.25 Å². The fraction of sp³-hybridized carbons (Fsp3) is 0.455. The number of hydrogen-bond donors (Lipinski definition) is 1. The van der Waals surface area contributed by atoms with Crippen LogP contribution in [0, 0.1) is 0 Å². The number of rotatable bonds is 0. The topological polar surface area (TPSA) is 20.2 Å². The fourth-order valence-electron chi connectivity index (χ4n) is 1.73. The first-order valence-electron chi connectivity index (χ1n) is 4.65. The summed E-state index contributed by atoms with van der Waals surface area (Å²) in [7, 11) is 0. The number of hydrogen-bond acceptors (Lipinski definition) is 2. The van der Waals surface area contributed by atoms with E-state index in [9.17, 15) is 5.11 Å². The van der Waals surface area contributed by atoms with Gasteiger partial charge in [0.25, 0.3) is 0 Å². The molecule has 1 nitrogen and oxygen atoms in total. The molecule has 2 heteroatoms. The van der Waals surface area contributed by atoms with Gasteiger partial charge in [-0.25, -0.2) is 0 Å². The maximum absolute atomic E-state index is 9.90. The zero-order valence-corrected chi connectivity index (χ0v) is 8.55. The molecule has 0 fully saturated rings. The van der Waals surface area contributed by atoms with Gasteiger partial charge in [0, 0.05) is 11.0 Å². The second kappa shape index (κ2) is 3.72. The fourth-order valence-corrected chi connectivity index (χ4v) is 2.78. The van der Waals surface area contributed by atoms with Crippen molar-refractivity contribution < 1.29 is 5.11 Å². The molecule has 0 aromatic heterocycles.